The molecule has 1 saturated heterocycles. The van der Waals surface area contributed by atoms with Gasteiger partial charge in [0.15, 0.2) is 17.8 Å². The topological polar surface area (TPSA) is 75.3 Å². The van der Waals surface area contributed by atoms with E-state index < -0.39 is 0 Å². The fraction of sp³-hybridized carbons (Fsp3) is 0.500. The summed E-state index contributed by atoms with van der Waals surface area (Å²) in [6.45, 7) is 1.95. The van der Waals surface area contributed by atoms with Crippen LogP contribution in [0.1, 0.15) is 18.4 Å². The van der Waals surface area contributed by atoms with Gasteiger partial charge >= 0.3 is 0 Å². The summed E-state index contributed by atoms with van der Waals surface area (Å²) in [5.41, 5.74) is 0.775. The van der Waals surface area contributed by atoms with Crippen LogP contribution < -0.4 is 15.3 Å². The molecule has 6 nitrogen and oxygen atoms in total. The van der Waals surface area contributed by atoms with Gasteiger partial charge in [-0.05, 0) is 18.6 Å². The minimum Gasteiger partial charge on any atom is -0.493 e. The maximum Gasteiger partial charge on any atom is 0.169 e. The molecule has 0 saturated carbocycles. The Morgan fingerprint density at radius 2 is 2.20 bits per heavy atom. The van der Waals surface area contributed by atoms with Crippen molar-refractivity contribution in [1.82, 2.24) is 0 Å². The van der Waals surface area contributed by atoms with Gasteiger partial charge in [-0.15, -0.1) is 0 Å². The average molecular weight is 280 g/mol. The zero-order valence-electron chi connectivity index (χ0n) is 11.6. The monoisotopic (exact) mass is 280 g/mol. The van der Waals surface area contributed by atoms with E-state index in [0.29, 0.717) is 24.5 Å². The summed E-state index contributed by atoms with van der Waals surface area (Å²) in [5.74, 6) is 6.47. The minimum absolute atomic E-state index is 0.190. The smallest absolute Gasteiger partial charge is 0.169 e. The molecule has 1 heterocycles. The first kappa shape index (κ1) is 14.6. The maximum absolute atomic E-state index is 5.78. The van der Waals surface area contributed by atoms with Crippen LogP contribution >= 0.6 is 0 Å². The molecule has 2 rings (SSSR count). The van der Waals surface area contributed by atoms with Gasteiger partial charge in [0.1, 0.15) is 0 Å². The number of nitrogens with two attached hydrogens (primary N) is 1. The van der Waals surface area contributed by atoms with Crippen molar-refractivity contribution in [3.05, 3.63) is 23.8 Å². The molecule has 2 N–H and O–H groups in total. The molecule has 0 radical (unpaired) electrons. The Bertz CT molecular complexity index is 445. The summed E-state index contributed by atoms with van der Waals surface area (Å²) in [4.78, 5) is 0. The van der Waals surface area contributed by atoms with Crippen molar-refractivity contribution >= 4 is 6.21 Å². The Hall–Kier alpha value is -1.79. The van der Waals surface area contributed by atoms with Crippen LogP contribution in [0.3, 0.4) is 0 Å². The standard InChI is InChI=1S/C14H20N2O4/c1-17-12-5-2-4-11(10-16-15)14(12)20-9-6-13-18-7-3-8-19-13/h2,4-5,10,13H,3,6-9,15H2,1H3. The van der Waals surface area contributed by atoms with Gasteiger partial charge in [0.05, 0.1) is 33.1 Å². The second-order valence-electron chi connectivity index (χ2n) is 4.32. The van der Waals surface area contributed by atoms with E-state index in [1.165, 1.54) is 6.21 Å². The lowest BCUT2D eigenvalue weighted by molar-refractivity contribution is -0.183. The number of hydrogen-bond acceptors (Lipinski definition) is 6. The molecule has 1 fully saturated rings. The summed E-state index contributed by atoms with van der Waals surface area (Å²) >= 11 is 0. The first-order chi connectivity index (χ1) is 9.85. The molecule has 0 amide bonds. The van der Waals surface area contributed by atoms with Crippen LogP contribution in [-0.4, -0.2) is 39.4 Å². The Balaban J connectivity index is 1.96. The summed E-state index contributed by atoms with van der Waals surface area (Å²) < 4.78 is 22.0. The first-order valence-corrected chi connectivity index (χ1v) is 6.61. The third-order valence-electron chi connectivity index (χ3n) is 2.94. The van der Waals surface area contributed by atoms with E-state index >= 15 is 0 Å². The number of rotatable bonds is 6. The second-order valence-corrected chi connectivity index (χ2v) is 4.32. The molecule has 1 aromatic carbocycles. The zero-order chi connectivity index (χ0) is 14.2. The lowest BCUT2D eigenvalue weighted by Crippen LogP contribution is -2.26. The van der Waals surface area contributed by atoms with E-state index in [9.17, 15) is 0 Å². The van der Waals surface area contributed by atoms with Crippen LogP contribution in [0.25, 0.3) is 0 Å². The Morgan fingerprint density at radius 3 is 2.90 bits per heavy atom. The average Bonchev–Trinajstić information content (AvgIpc) is 2.50. The highest BCUT2D eigenvalue weighted by atomic mass is 16.7. The van der Waals surface area contributed by atoms with Crippen LogP contribution in [0.2, 0.25) is 0 Å². The van der Waals surface area contributed by atoms with Gasteiger partial charge < -0.3 is 24.8 Å². The highest BCUT2D eigenvalue weighted by molar-refractivity contribution is 5.84. The van der Waals surface area contributed by atoms with Gasteiger partial charge in [-0.2, -0.15) is 5.10 Å². The molecule has 1 aliphatic heterocycles. The predicted octanol–water partition coefficient (Wildman–Crippen LogP) is 1.52. The van der Waals surface area contributed by atoms with Crippen molar-refractivity contribution in [1.29, 1.82) is 0 Å². The summed E-state index contributed by atoms with van der Waals surface area (Å²) in [7, 11) is 1.60. The van der Waals surface area contributed by atoms with Crippen LogP contribution in [0.15, 0.2) is 23.3 Å². The number of benzene rings is 1. The molecule has 0 bridgehead atoms. The third kappa shape index (κ3) is 3.85. The van der Waals surface area contributed by atoms with Crippen molar-refractivity contribution in [3.63, 3.8) is 0 Å². The van der Waals surface area contributed by atoms with Gasteiger partial charge in [-0.1, -0.05) is 6.07 Å². The molecule has 0 atom stereocenters. The highest BCUT2D eigenvalue weighted by Crippen LogP contribution is 2.30. The molecular formula is C14H20N2O4. The van der Waals surface area contributed by atoms with Gasteiger partial charge in [0.25, 0.3) is 0 Å². The van der Waals surface area contributed by atoms with E-state index in [1.807, 2.05) is 18.2 Å². The van der Waals surface area contributed by atoms with Gasteiger partial charge in [0.2, 0.25) is 0 Å². The quantitative estimate of drug-likeness (QED) is 0.486. The van der Waals surface area contributed by atoms with Crippen molar-refractivity contribution < 1.29 is 18.9 Å². The summed E-state index contributed by atoms with van der Waals surface area (Å²) in [6.07, 6.45) is 2.95. The van der Waals surface area contributed by atoms with Gasteiger partial charge in [-0.3, -0.25) is 0 Å². The minimum atomic E-state index is -0.190. The summed E-state index contributed by atoms with van der Waals surface area (Å²) in [5, 5.41) is 3.53. The van der Waals surface area contributed by atoms with Gasteiger partial charge in [0, 0.05) is 12.0 Å². The van der Waals surface area contributed by atoms with E-state index in [0.717, 1.165) is 25.2 Å². The van der Waals surface area contributed by atoms with Crippen molar-refractivity contribution in [3.8, 4) is 11.5 Å². The van der Waals surface area contributed by atoms with E-state index in [1.54, 1.807) is 7.11 Å². The van der Waals surface area contributed by atoms with Crippen molar-refractivity contribution in [2.45, 2.75) is 19.1 Å². The lowest BCUT2D eigenvalue weighted by atomic mass is 10.2. The van der Waals surface area contributed by atoms with Crippen molar-refractivity contribution in [2.24, 2.45) is 10.9 Å². The summed E-state index contributed by atoms with van der Waals surface area (Å²) in [6, 6.07) is 5.55. The van der Waals surface area contributed by atoms with Crippen LogP contribution in [0, 0.1) is 0 Å². The van der Waals surface area contributed by atoms with Crippen LogP contribution in [0.4, 0.5) is 0 Å². The third-order valence-corrected chi connectivity index (χ3v) is 2.94. The molecule has 0 aliphatic carbocycles. The second kappa shape index (κ2) is 7.72. The maximum atomic E-state index is 5.78. The first-order valence-electron chi connectivity index (χ1n) is 6.61. The molecule has 6 heteroatoms. The van der Waals surface area contributed by atoms with Crippen molar-refractivity contribution in [2.75, 3.05) is 26.9 Å². The largest absolute Gasteiger partial charge is 0.493 e. The van der Waals surface area contributed by atoms with Crippen LogP contribution in [0.5, 0.6) is 11.5 Å². The molecule has 0 spiro atoms. The van der Waals surface area contributed by atoms with E-state index in [-0.39, 0.29) is 6.29 Å². The lowest BCUT2D eigenvalue weighted by Gasteiger charge is -2.23. The number of methoxy groups -OCH3 is 1. The molecular weight excluding hydrogens is 260 g/mol. The fourth-order valence-electron chi connectivity index (χ4n) is 1.99. The van der Waals surface area contributed by atoms with Crippen LogP contribution in [-0.2, 0) is 9.47 Å². The molecule has 20 heavy (non-hydrogen) atoms. The number of ether oxygens (including phenoxy) is 4. The molecule has 1 aromatic rings. The highest BCUT2D eigenvalue weighted by Gasteiger charge is 2.15. The Morgan fingerprint density at radius 1 is 1.40 bits per heavy atom. The number of hydrazone groups is 1. The zero-order valence-corrected chi connectivity index (χ0v) is 11.6. The van der Waals surface area contributed by atoms with E-state index in [2.05, 4.69) is 5.10 Å². The molecule has 110 valence electrons. The van der Waals surface area contributed by atoms with E-state index in [4.69, 9.17) is 24.8 Å². The molecule has 0 aromatic heterocycles. The fourth-order valence-corrected chi connectivity index (χ4v) is 1.99. The number of para-hydroxylation sites is 1. The molecule has 1 aliphatic rings. The van der Waals surface area contributed by atoms with Gasteiger partial charge in [-0.25, -0.2) is 0 Å². The number of hydrogen-bond donors (Lipinski definition) is 1. The Labute approximate surface area is 118 Å². The SMILES string of the molecule is COc1cccc(C=NN)c1OCCC1OCCCO1. The normalized spacial score (nSPS) is 16.4. The molecule has 0 unspecified atom stereocenters. The Kier molecular flexibility index (Phi) is 5.64. The number of nitrogens with zero attached hydrogens (tertiary/aromatic N) is 1. The predicted molar refractivity (Wildman–Crippen MR) is 75.2 cm³/mol.